The van der Waals surface area contributed by atoms with E-state index in [9.17, 15) is 14.9 Å². The molecule has 7 heteroatoms. The van der Waals surface area contributed by atoms with Crippen LogP contribution in [0.5, 0.6) is 0 Å². The Morgan fingerprint density at radius 3 is 2.67 bits per heavy atom. The van der Waals surface area contributed by atoms with Gasteiger partial charge in [-0.3, -0.25) is 10.1 Å². The molecule has 2 N–H and O–H groups in total. The molecule has 1 saturated carbocycles. The lowest BCUT2D eigenvalue weighted by molar-refractivity contribution is -0.385. The molecule has 0 atom stereocenters. The Kier molecular flexibility index (Phi) is 4.72. The van der Waals surface area contributed by atoms with Crippen molar-refractivity contribution in [2.45, 2.75) is 45.1 Å². The maximum atomic E-state index is 11.1. The highest BCUT2D eigenvalue weighted by atomic mass is 16.6. The van der Waals surface area contributed by atoms with Crippen molar-refractivity contribution in [2.75, 3.05) is 5.32 Å². The molecule has 0 unspecified atom stereocenters. The Hall–Kier alpha value is -2.18. The van der Waals surface area contributed by atoms with E-state index in [4.69, 9.17) is 5.11 Å². The zero-order valence-corrected chi connectivity index (χ0v) is 11.9. The smallest absolute Gasteiger partial charge is 0.342 e. The predicted octanol–water partition coefficient (Wildman–Crippen LogP) is 3.07. The van der Waals surface area contributed by atoms with E-state index in [0.717, 1.165) is 37.8 Å². The lowest BCUT2D eigenvalue weighted by Crippen LogP contribution is -2.26. The van der Waals surface area contributed by atoms with E-state index < -0.39 is 16.6 Å². The molecular weight excluding hydrogens is 274 g/mol. The van der Waals surface area contributed by atoms with Crippen LogP contribution in [0.25, 0.3) is 0 Å². The lowest BCUT2D eigenvalue weighted by Gasteiger charge is -2.28. The van der Waals surface area contributed by atoms with Gasteiger partial charge in [-0.25, -0.2) is 9.78 Å². The van der Waals surface area contributed by atoms with Gasteiger partial charge in [0.15, 0.2) is 0 Å². The number of nitrogens with zero attached hydrogens (tertiary/aromatic N) is 2. The van der Waals surface area contributed by atoms with Crippen molar-refractivity contribution in [1.29, 1.82) is 0 Å². The molecule has 0 bridgehead atoms. The molecular formula is C14H19N3O4. The molecule has 7 nitrogen and oxygen atoms in total. The van der Waals surface area contributed by atoms with Crippen molar-refractivity contribution < 1.29 is 14.8 Å². The largest absolute Gasteiger partial charge is 0.477 e. The van der Waals surface area contributed by atoms with Crippen molar-refractivity contribution in [3.05, 3.63) is 27.9 Å². The number of pyridine rings is 1. The van der Waals surface area contributed by atoms with E-state index in [1.807, 2.05) is 0 Å². The molecule has 1 heterocycles. The van der Waals surface area contributed by atoms with Crippen molar-refractivity contribution in [3.8, 4) is 0 Å². The average Bonchev–Trinajstić information content (AvgIpc) is 2.47. The first-order valence-corrected chi connectivity index (χ1v) is 7.15. The van der Waals surface area contributed by atoms with Gasteiger partial charge in [0.25, 0.3) is 0 Å². The summed E-state index contributed by atoms with van der Waals surface area (Å²) >= 11 is 0. The number of hydrogen-bond donors (Lipinski definition) is 2. The van der Waals surface area contributed by atoms with Crippen molar-refractivity contribution >= 4 is 17.5 Å². The number of rotatable bonds is 5. The number of carboxylic acid groups (broad SMARTS) is 1. The minimum atomic E-state index is -1.32. The summed E-state index contributed by atoms with van der Waals surface area (Å²) in [5.74, 6) is -0.165. The van der Waals surface area contributed by atoms with Gasteiger partial charge in [-0.1, -0.05) is 13.3 Å². The van der Waals surface area contributed by atoms with Gasteiger partial charge >= 0.3 is 11.7 Å². The fraction of sp³-hybridized carbons (Fsp3) is 0.571. The van der Waals surface area contributed by atoms with Gasteiger partial charge in [0.05, 0.1) is 4.92 Å². The summed E-state index contributed by atoms with van der Waals surface area (Å²) in [4.78, 5) is 25.1. The van der Waals surface area contributed by atoms with Crippen LogP contribution < -0.4 is 5.32 Å². The summed E-state index contributed by atoms with van der Waals surface area (Å²) in [5, 5.41) is 23.0. The van der Waals surface area contributed by atoms with Crippen LogP contribution in [-0.2, 0) is 0 Å². The SMILES string of the molecule is CCC1CCC(Nc2cc(C(=O)O)c([N+](=O)[O-])cn2)CC1. The highest BCUT2D eigenvalue weighted by Crippen LogP contribution is 2.29. The highest BCUT2D eigenvalue weighted by Gasteiger charge is 2.23. The van der Waals surface area contributed by atoms with Gasteiger partial charge in [-0.05, 0) is 31.6 Å². The fourth-order valence-electron chi connectivity index (χ4n) is 2.77. The first kappa shape index (κ1) is 15.2. The number of carbonyl (C=O) groups is 1. The number of aromatic nitrogens is 1. The van der Waals surface area contributed by atoms with Gasteiger partial charge in [-0.15, -0.1) is 0 Å². The van der Waals surface area contributed by atoms with E-state index in [-0.39, 0.29) is 11.6 Å². The van der Waals surface area contributed by atoms with Crippen LogP contribution in [0.3, 0.4) is 0 Å². The summed E-state index contributed by atoms with van der Waals surface area (Å²) in [6.07, 6.45) is 6.51. The number of hydrogen-bond acceptors (Lipinski definition) is 5. The van der Waals surface area contributed by atoms with Crippen LogP contribution in [0.15, 0.2) is 12.3 Å². The number of nitro groups is 1. The molecule has 21 heavy (non-hydrogen) atoms. The zero-order valence-electron chi connectivity index (χ0n) is 11.9. The van der Waals surface area contributed by atoms with E-state index in [0.29, 0.717) is 5.82 Å². The molecule has 1 aliphatic rings. The Labute approximate surface area is 122 Å². The summed E-state index contributed by atoms with van der Waals surface area (Å²) < 4.78 is 0. The molecule has 1 fully saturated rings. The van der Waals surface area contributed by atoms with Gasteiger partial charge in [0, 0.05) is 12.1 Å². The second-order valence-corrected chi connectivity index (χ2v) is 5.42. The molecule has 1 aliphatic carbocycles. The Balaban J connectivity index is 2.09. The Morgan fingerprint density at radius 2 is 2.14 bits per heavy atom. The van der Waals surface area contributed by atoms with E-state index in [1.165, 1.54) is 12.5 Å². The van der Waals surface area contributed by atoms with Crippen LogP contribution in [0.2, 0.25) is 0 Å². The standard InChI is InChI=1S/C14H19N3O4/c1-2-9-3-5-10(6-4-9)16-13-7-11(14(18)19)12(8-15-13)17(20)21/h7-10H,2-6H2,1H3,(H,15,16)(H,18,19). The molecule has 1 aromatic heterocycles. The number of nitrogens with one attached hydrogen (secondary N) is 1. The lowest BCUT2D eigenvalue weighted by atomic mass is 9.84. The Morgan fingerprint density at radius 1 is 1.48 bits per heavy atom. The molecule has 0 radical (unpaired) electrons. The van der Waals surface area contributed by atoms with Crippen LogP contribution >= 0.6 is 0 Å². The third-order valence-electron chi connectivity index (χ3n) is 4.09. The normalized spacial score (nSPS) is 21.8. The minimum Gasteiger partial charge on any atom is -0.477 e. The summed E-state index contributed by atoms with van der Waals surface area (Å²) in [7, 11) is 0. The number of aromatic carboxylic acids is 1. The van der Waals surface area contributed by atoms with E-state index >= 15 is 0 Å². The number of anilines is 1. The maximum absolute atomic E-state index is 11.1. The second kappa shape index (κ2) is 6.51. The van der Waals surface area contributed by atoms with Crippen LogP contribution in [-0.4, -0.2) is 27.0 Å². The molecule has 0 spiro atoms. The third-order valence-corrected chi connectivity index (χ3v) is 4.09. The molecule has 0 aromatic carbocycles. The van der Waals surface area contributed by atoms with E-state index in [2.05, 4.69) is 17.2 Å². The average molecular weight is 293 g/mol. The molecule has 2 rings (SSSR count). The molecule has 114 valence electrons. The number of carboxylic acids is 1. The predicted molar refractivity (Wildman–Crippen MR) is 77.5 cm³/mol. The maximum Gasteiger partial charge on any atom is 0.342 e. The molecule has 0 amide bonds. The van der Waals surface area contributed by atoms with Crippen LogP contribution in [0.1, 0.15) is 49.4 Å². The van der Waals surface area contributed by atoms with Crippen molar-refractivity contribution in [2.24, 2.45) is 5.92 Å². The van der Waals surface area contributed by atoms with Crippen LogP contribution in [0, 0.1) is 16.0 Å². The molecule has 0 saturated heterocycles. The summed E-state index contributed by atoms with van der Waals surface area (Å²) in [6, 6.07) is 1.50. The monoisotopic (exact) mass is 293 g/mol. The highest BCUT2D eigenvalue weighted by molar-refractivity contribution is 5.93. The first-order valence-electron chi connectivity index (χ1n) is 7.15. The zero-order chi connectivity index (χ0) is 15.4. The van der Waals surface area contributed by atoms with Crippen molar-refractivity contribution in [3.63, 3.8) is 0 Å². The molecule has 0 aliphatic heterocycles. The van der Waals surface area contributed by atoms with Gasteiger partial charge in [0.1, 0.15) is 17.6 Å². The third kappa shape index (κ3) is 3.68. The quantitative estimate of drug-likeness (QED) is 0.638. The first-order chi connectivity index (χ1) is 10.0. The topological polar surface area (TPSA) is 105 Å². The summed E-state index contributed by atoms with van der Waals surface area (Å²) in [6.45, 7) is 2.19. The Bertz CT molecular complexity index is 539. The summed E-state index contributed by atoms with van der Waals surface area (Å²) in [5.41, 5.74) is -0.817. The van der Waals surface area contributed by atoms with E-state index in [1.54, 1.807) is 0 Å². The second-order valence-electron chi connectivity index (χ2n) is 5.42. The van der Waals surface area contributed by atoms with Gasteiger partial charge < -0.3 is 10.4 Å². The molecule has 1 aromatic rings. The fourth-order valence-corrected chi connectivity index (χ4v) is 2.77. The van der Waals surface area contributed by atoms with Crippen molar-refractivity contribution in [1.82, 2.24) is 4.98 Å². The minimum absolute atomic E-state index is 0.253. The van der Waals surface area contributed by atoms with Crippen LogP contribution in [0.4, 0.5) is 11.5 Å². The van der Waals surface area contributed by atoms with Gasteiger partial charge in [0.2, 0.25) is 0 Å². The van der Waals surface area contributed by atoms with Gasteiger partial charge in [-0.2, -0.15) is 0 Å².